The summed E-state index contributed by atoms with van der Waals surface area (Å²) in [5, 5.41) is 2.87. The highest BCUT2D eigenvalue weighted by atomic mass is 16.5. The van der Waals surface area contributed by atoms with E-state index < -0.39 is 0 Å². The molecule has 0 saturated carbocycles. The predicted octanol–water partition coefficient (Wildman–Crippen LogP) is 3.64. The highest BCUT2D eigenvalue weighted by Crippen LogP contribution is 2.12. The van der Waals surface area contributed by atoms with Gasteiger partial charge in [-0.1, -0.05) is 35.9 Å². The molecule has 0 unspecified atom stereocenters. The molecule has 0 aliphatic heterocycles. The third-order valence-electron chi connectivity index (χ3n) is 3.47. The maximum absolute atomic E-state index is 11.9. The van der Waals surface area contributed by atoms with E-state index in [4.69, 9.17) is 4.74 Å². The zero-order valence-electron chi connectivity index (χ0n) is 13.2. The van der Waals surface area contributed by atoms with E-state index in [2.05, 4.69) is 18.3 Å². The lowest BCUT2D eigenvalue weighted by atomic mass is 10.1. The summed E-state index contributed by atoms with van der Waals surface area (Å²) in [7, 11) is 1.63. The van der Waals surface area contributed by atoms with E-state index in [0.717, 1.165) is 16.9 Å². The highest BCUT2D eigenvalue weighted by Gasteiger charge is 1.99. The first-order valence-corrected chi connectivity index (χ1v) is 7.24. The first kappa shape index (κ1) is 15.8. The molecule has 3 heteroatoms. The largest absolute Gasteiger partial charge is 0.497 e. The van der Waals surface area contributed by atoms with Crippen LogP contribution in [0.25, 0.3) is 6.08 Å². The Morgan fingerprint density at radius 2 is 1.86 bits per heavy atom. The van der Waals surface area contributed by atoms with Gasteiger partial charge in [0.25, 0.3) is 0 Å². The Bertz CT molecular complexity index is 672. The Labute approximate surface area is 131 Å². The van der Waals surface area contributed by atoms with Crippen molar-refractivity contribution in [1.82, 2.24) is 5.32 Å². The number of hydrogen-bond acceptors (Lipinski definition) is 2. The summed E-state index contributed by atoms with van der Waals surface area (Å²) in [6.07, 6.45) is 3.42. The fraction of sp³-hybridized carbons (Fsp3) is 0.211. The van der Waals surface area contributed by atoms with Crippen molar-refractivity contribution in [1.29, 1.82) is 0 Å². The molecule has 2 rings (SSSR count). The molecule has 1 amide bonds. The standard InChI is InChI=1S/C19H21NO2/c1-14-4-7-17(15(2)12-14)8-11-19(21)20-13-16-5-9-18(22-3)10-6-16/h4-12H,13H2,1-3H3,(H,20,21)/b11-8+. The van der Waals surface area contributed by atoms with E-state index in [9.17, 15) is 4.79 Å². The molecule has 0 atom stereocenters. The number of benzene rings is 2. The molecule has 0 aliphatic rings. The van der Waals surface area contributed by atoms with Crippen LogP contribution in [0.15, 0.2) is 48.5 Å². The average molecular weight is 295 g/mol. The Balaban J connectivity index is 1.90. The Morgan fingerprint density at radius 1 is 1.14 bits per heavy atom. The van der Waals surface area contributed by atoms with Crippen LogP contribution < -0.4 is 10.1 Å². The Morgan fingerprint density at radius 3 is 2.50 bits per heavy atom. The molecule has 0 fully saturated rings. The van der Waals surface area contributed by atoms with E-state index in [1.807, 2.05) is 49.4 Å². The van der Waals surface area contributed by atoms with Gasteiger partial charge in [-0.2, -0.15) is 0 Å². The van der Waals surface area contributed by atoms with Crippen LogP contribution in [0.2, 0.25) is 0 Å². The van der Waals surface area contributed by atoms with Gasteiger partial charge < -0.3 is 10.1 Å². The Hall–Kier alpha value is -2.55. The fourth-order valence-electron chi connectivity index (χ4n) is 2.17. The third-order valence-corrected chi connectivity index (χ3v) is 3.47. The molecule has 2 aromatic rings. The quantitative estimate of drug-likeness (QED) is 0.855. The number of aryl methyl sites for hydroxylation is 2. The number of carbonyl (C=O) groups excluding carboxylic acids is 1. The summed E-state index contributed by atoms with van der Waals surface area (Å²) >= 11 is 0. The zero-order valence-corrected chi connectivity index (χ0v) is 13.2. The maximum Gasteiger partial charge on any atom is 0.244 e. The molecule has 1 N–H and O–H groups in total. The summed E-state index contributed by atoms with van der Waals surface area (Å²) in [5.41, 5.74) is 4.48. The van der Waals surface area contributed by atoms with Crippen molar-refractivity contribution in [3.05, 3.63) is 70.8 Å². The lowest BCUT2D eigenvalue weighted by Crippen LogP contribution is -2.20. The molecule has 114 valence electrons. The van der Waals surface area contributed by atoms with E-state index in [-0.39, 0.29) is 5.91 Å². The van der Waals surface area contributed by atoms with E-state index in [0.29, 0.717) is 6.54 Å². The minimum atomic E-state index is -0.101. The van der Waals surface area contributed by atoms with Gasteiger partial charge in [-0.25, -0.2) is 0 Å². The number of hydrogen-bond donors (Lipinski definition) is 1. The van der Waals surface area contributed by atoms with Crippen molar-refractivity contribution in [2.75, 3.05) is 7.11 Å². The molecule has 0 aliphatic carbocycles. The molecule has 22 heavy (non-hydrogen) atoms. The topological polar surface area (TPSA) is 38.3 Å². The van der Waals surface area contributed by atoms with Crippen molar-refractivity contribution in [3.63, 3.8) is 0 Å². The smallest absolute Gasteiger partial charge is 0.244 e. The van der Waals surface area contributed by atoms with Crippen molar-refractivity contribution in [2.24, 2.45) is 0 Å². The SMILES string of the molecule is COc1ccc(CNC(=O)/C=C/c2ccc(C)cc2C)cc1. The first-order valence-electron chi connectivity index (χ1n) is 7.24. The summed E-state index contributed by atoms with van der Waals surface area (Å²) in [6, 6.07) is 13.8. The number of ether oxygens (including phenoxy) is 1. The van der Waals surface area contributed by atoms with Gasteiger partial charge >= 0.3 is 0 Å². The zero-order chi connectivity index (χ0) is 15.9. The van der Waals surface area contributed by atoms with Gasteiger partial charge in [0.1, 0.15) is 5.75 Å². The number of rotatable bonds is 5. The lowest BCUT2D eigenvalue weighted by Gasteiger charge is -2.05. The minimum Gasteiger partial charge on any atom is -0.497 e. The van der Waals surface area contributed by atoms with Crippen LogP contribution in [0, 0.1) is 13.8 Å². The van der Waals surface area contributed by atoms with Crippen LogP contribution in [0.3, 0.4) is 0 Å². The van der Waals surface area contributed by atoms with Crippen LogP contribution >= 0.6 is 0 Å². The van der Waals surface area contributed by atoms with Crippen molar-refractivity contribution >= 4 is 12.0 Å². The molecular formula is C19H21NO2. The van der Waals surface area contributed by atoms with Gasteiger partial charge in [-0.3, -0.25) is 4.79 Å². The minimum absolute atomic E-state index is 0.101. The molecule has 0 saturated heterocycles. The number of nitrogens with one attached hydrogen (secondary N) is 1. The van der Waals surface area contributed by atoms with Crippen LogP contribution in [0.4, 0.5) is 0 Å². The fourth-order valence-corrected chi connectivity index (χ4v) is 2.17. The number of carbonyl (C=O) groups is 1. The molecule has 0 heterocycles. The van der Waals surface area contributed by atoms with Gasteiger partial charge in [0.15, 0.2) is 0 Å². The second kappa shape index (κ2) is 7.46. The predicted molar refractivity (Wildman–Crippen MR) is 89.8 cm³/mol. The monoisotopic (exact) mass is 295 g/mol. The second-order valence-electron chi connectivity index (χ2n) is 5.26. The van der Waals surface area contributed by atoms with Crippen molar-refractivity contribution in [3.8, 4) is 5.75 Å². The van der Waals surface area contributed by atoms with Gasteiger partial charge in [0.05, 0.1) is 7.11 Å². The summed E-state index contributed by atoms with van der Waals surface area (Å²) < 4.78 is 5.10. The van der Waals surface area contributed by atoms with Crippen LogP contribution in [-0.2, 0) is 11.3 Å². The van der Waals surface area contributed by atoms with E-state index >= 15 is 0 Å². The van der Waals surface area contributed by atoms with Gasteiger partial charge in [0.2, 0.25) is 5.91 Å². The van der Waals surface area contributed by atoms with Gasteiger partial charge in [0, 0.05) is 12.6 Å². The molecule has 3 nitrogen and oxygen atoms in total. The van der Waals surface area contributed by atoms with E-state index in [1.54, 1.807) is 13.2 Å². The molecule has 0 bridgehead atoms. The average Bonchev–Trinajstić information content (AvgIpc) is 2.52. The van der Waals surface area contributed by atoms with Crippen molar-refractivity contribution < 1.29 is 9.53 Å². The summed E-state index contributed by atoms with van der Waals surface area (Å²) in [6.45, 7) is 4.60. The highest BCUT2D eigenvalue weighted by molar-refractivity contribution is 5.91. The lowest BCUT2D eigenvalue weighted by molar-refractivity contribution is -0.116. The summed E-state index contributed by atoms with van der Waals surface area (Å²) in [5.74, 6) is 0.709. The number of methoxy groups -OCH3 is 1. The number of amides is 1. The molecule has 0 spiro atoms. The molecule has 2 aromatic carbocycles. The molecular weight excluding hydrogens is 274 g/mol. The normalized spacial score (nSPS) is 10.7. The summed E-state index contributed by atoms with van der Waals surface area (Å²) in [4.78, 5) is 11.9. The maximum atomic E-state index is 11.9. The van der Waals surface area contributed by atoms with E-state index in [1.165, 1.54) is 11.1 Å². The second-order valence-corrected chi connectivity index (χ2v) is 5.26. The third kappa shape index (κ3) is 4.48. The van der Waals surface area contributed by atoms with Crippen LogP contribution in [0.5, 0.6) is 5.75 Å². The molecule has 0 radical (unpaired) electrons. The van der Waals surface area contributed by atoms with Gasteiger partial charge in [-0.15, -0.1) is 0 Å². The first-order chi connectivity index (χ1) is 10.6. The van der Waals surface area contributed by atoms with Crippen LogP contribution in [0.1, 0.15) is 22.3 Å². The Kier molecular flexibility index (Phi) is 5.37. The van der Waals surface area contributed by atoms with Gasteiger partial charge in [-0.05, 0) is 48.7 Å². The van der Waals surface area contributed by atoms with Crippen LogP contribution in [-0.4, -0.2) is 13.0 Å². The molecule has 0 aromatic heterocycles. The van der Waals surface area contributed by atoms with Crippen molar-refractivity contribution in [2.45, 2.75) is 20.4 Å².